The van der Waals surface area contributed by atoms with Crippen LogP contribution in [0.2, 0.25) is 5.02 Å². The monoisotopic (exact) mass is 243 g/mol. The summed E-state index contributed by atoms with van der Waals surface area (Å²) in [5.74, 6) is -0.204. The molecule has 0 bridgehead atoms. The fraction of sp³-hybridized carbons (Fsp3) is 0.538. The van der Waals surface area contributed by atoms with Crippen molar-refractivity contribution < 1.29 is 4.39 Å². The quantitative estimate of drug-likeness (QED) is 0.832. The first-order valence-electron chi connectivity index (χ1n) is 5.54. The summed E-state index contributed by atoms with van der Waals surface area (Å²) in [7, 11) is 1.92. The zero-order chi connectivity index (χ0) is 12.2. The van der Waals surface area contributed by atoms with Crippen LogP contribution in [0.25, 0.3) is 0 Å². The molecule has 0 amide bonds. The van der Waals surface area contributed by atoms with Gasteiger partial charge < -0.3 is 5.32 Å². The Morgan fingerprint density at radius 1 is 1.38 bits per heavy atom. The number of halogens is 2. The van der Waals surface area contributed by atoms with E-state index in [9.17, 15) is 4.39 Å². The predicted molar refractivity (Wildman–Crippen MR) is 67.4 cm³/mol. The van der Waals surface area contributed by atoms with E-state index < -0.39 is 0 Å². The Labute approximate surface area is 102 Å². The van der Waals surface area contributed by atoms with E-state index in [4.69, 9.17) is 11.6 Å². The SMILES string of the molecule is CNCCC(C)(C)Cc1c(F)cccc1Cl. The van der Waals surface area contributed by atoms with Gasteiger partial charge >= 0.3 is 0 Å². The van der Waals surface area contributed by atoms with E-state index in [0.29, 0.717) is 17.0 Å². The normalized spacial score (nSPS) is 11.8. The maximum Gasteiger partial charge on any atom is 0.127 e. The van der Waals surface area contributed by atoms with Crippen molar-refractivity contribution >= 4 is 11.6 Å². The summed E-state index contributed by atoms with van der Waals surface area (Å²) in [6.07, 6.45) is 1.66. The van der Waals surface area contributed by atoms with Crippen LogP contribution in [0.4, 0.5) is 4.39 Å². The molecule has 0 aliphatic heterocycles. The van der Waals surface area contributed by atoms with Gasteiger partial charge in [-0.3, -0.25) is 0 Å². The summed E-state index contributed by atoms with van der Waals surface area (Å²) >= 11 is 6.01. The molecule has 1 aromatic rings. The van der Waals surface area contributed by atoms with E-state index >= 15 is 0 Å². The van der Waals surface area contributed by atoms with Crippen molar-refractivity contribution in [3.05, 3.63) is 34.6 Å². The van der Waals surface area contributed by atoms with Crippen LogP contribution in [0.3, 0.4) is 0 Å². The summed E-state index contributed by atoms with van der Waals surface area (Å²) < 4.78 is 13.6. The van der Waals surface area contributed by atoms with E-state index in [0.717, 1.165) is 13.0 Å². The first-order chi connectivity index (χ1) is 7.46. The molecule has 0 aliphatic carbocycles. The molecule has 0 fully saturated rings. The third-order valence-electron chi connectivity index (χ3n) is 2.77. The van der Waals surface area contributed by atoms with E-state index in [1.807, 2.05) is 7.05 Å². The highest BCUT2D eigenvalue weighted by Gasteiger charge is 2.21. The molecular formula is C13H19ClFN. The second kappa shape index (κ2) is 5.65. The number of benzene rings is 1. The van der Waals surface area contributed by atoms with Crippen molar-refractivity contribution in [3.63, 3.8) is 0 Å². The van der Waals surface area contributed by atoms with Crippen LogP contribution in [0.5, 0.6) is 0 Å². The molecule has 16 heavy (non-hydrogen) atoms. The number of hydrogen-bond acceptors (Lipinski definition) is 1. The molecule has 0 atom stereocenters. The molecule has 0 unspecified atom stereocenters. The van der Waals surface area contributed by atoms with Crippen LogP contribution in [-0.4, -0.2) is 13.6 Å². The molecule has 1 aromatic carbocycles. The minimum Gasteiger partial charge on any atom is -0.320 e. The van der Waals surface area contributed by atoms with Gasteiger partial charge in [-0.1, -0.05) is 31.5 Å². The van der Waals surface area contributed by atoms with Crippen LogP contribution < -0.4 is 5.32 Å². The first kappa shape index (κ1) is 13.5. The molecule has 1 rings (SSSR count). The van der Waals surface area contributed by atoms with Crippen molar-refractivity contribution in [3.8, 4) is 0 Å². The van der Waals surface area contributed by atoms with Gasteiger partial charge in [0.25, 0.3) is 0 Å². The lowest BCUT2D eigenvalue weighted by Crippen LogP contribution is -2.22. The molecule has 0 spiro atoms. The Morgan fingerprint density at radius 2 is 2.06 bits per heavy atom. The fourth-order valence-electron chi connectivity index (χ4n) is 1.73. The molecule has 0 saturated heterocycles. The van der Waals surface area contributed by atoms with Crippen molar-refractivity contribution in [2.45, 2.75) is 26.7 Å². The standard InChI is InChI=1S/C13H19ClFN/c1-13(2,7-8-16-3)9-10-11(14)5-4-6-12(10)15/h4-6,16H,7-9H2,1-3H3. The third-order valence-corrected chi connectivity index (χ3v) is 3.12. The van der Waals surface area contributed by atoms with Gasteiger partial charge in [0.05, 0.1) is 0 Å². The zero-order valence-corrected chi connectivity index (χ0v) is 10.9. The van der Waals surface area contributed by atoms with E-state index in [-0.39, 0.29) is 11.2 Å². The van der Waals surface area contributed by atoms with Crippen LogP contribution in [0, 0.1) is 11.2 Å². The molecule has 0 aliphatic rings. The minimum atomic E-state index is -0.204. The number of hydrogen-bond donors (Lipinski definition) is 1. The Bertz CT molecular complexity index is 330. The van der Waals surface area contributed by atoms with E-state index in [1.165, 1.54) is 6.07 Å². The molecule has 90 valence electrons. The van der Waals surface area contributed by atoms with Crippen molar-refractivity contribution in [1.29, 1.82) is 0 Å². The highest BCUT2D eigenvalue weighted by molar-refractivity contribution is 6.31. The molecular weight excluding hydrogens is 225 g/mol. The average molecular weight is 244 g/mol. The summed E-state index contributed by atoms with van der Waals surface area (Å²) in [6, 6.07) is 4.85. The lowest BCUT2D eigenvalue weighted by atomic mass is 9.82. The van der Waals surface area contributed by atoms with Gasteiger partial charge in [-0.2, -0.15) is 0 Å². The van der Waals surface area contributed by atoms with Gasteiger partial charge in [0, 0.05) is 10.6 Å². The van der Waals surface area contributed by atoms with Gasteiger partial charge in [-0.25, -0.2) is 4.39 Å². The molecule has 0 saturated carbocycles. The maximum atomic E-state index is 13.6. The molecule has 0 radical (unpaired) electrons. The molecule has 3 heteroatoms. The molecule has 0 heterocycles. The number of nitrogens with one attached hydrogen (secondary N) is 1. The second-order valence-corrected chi connectivity index (χ2v) is 5.30. The summed E-state index contributed by atoms with van der Waals surface area (Å²) in [4.78, 5) is 0. The second-order valence-electron chi connectivity index (χ2n) is 4.89. The Kier molecular flexibility index (Phi) is 4.75. The summed E-state index contributed by atoms with van der Waals surface area (Å²) in [5.41, 5.74) is 0.680. The van der Waals surface area contributed by atoms with Gasteiger partial charge in [-0.05, 0) is 44.0 Å². The van der Waals surface area contributed by atoms with Crippen LogP contribution in [0.1, 0.15) is 25.8 Å². The zero-order valence-electron chi connectivity index (χ0n) is 10.1. The van der Waals surface area contributed by atoms with Crippen LogP contribution in [0.15, 0.2) is 18.2 Å². The van der Waals surface area contributed by atoms with Crippen molar-refractivity contribution in [2.75, 3.05) is 13.6 Å². The van der Waals surface area contributed by atoms with Crippen molar-refractivity contribution in [2.24, 2.45) is 5.41 Å². The summed E-state index contributed by atoms with van der Waals surface area (Å²) in [6.45, 7) is 5.19. The molecule has 1 N–H and O–H groups in total. The highest BCUT2D eigenvalue weighted by atomic mass is 35.5. The average Bonchev–Trinajstić information content (AvgIpc) is 2.21. The third kappa shape index (κ3) is 3.76. The lowest BCUT2D eigenvalue weighted by Gasteiger charge is -2.25. The van der Waals surface area contributed by atoms with E-state index in [1.54, 1.807) is 12.1 Å². The molecule has 0 aromatic heterocycles. The van der Waals surface area contributed by atoms with Crippen LogP contribution in [-0.2, 0) is 6.42 Å². The minimum absolute atomic E-state index is 0.0504. The fourth-order valence-corrected chi connectivity index (χ4v) is 1.96. The Hall–Kier alpha value is -0.600. The van der Waals surface area contributed by atoms with Crippen LogP contribution >= 0.6 is 11.6 Å². The number of rotatable bonds is 5. The smallest absolute Gasteiger partial charge is 0.127 e. The summed E-state index contributed by atoms with van der Waals surface area (Å²) in [5, 5.41) is 3.64. The van der Waals surface area contributed by atoms with Gasteiger partial charge in [0.2, 0.25) is 0 Å². The Morgan fingerprint density at radius 3 is 2.62 bits per heavy atom. The first-order valence-corrected chi connectivity index (χ1v) is 5.91. The Balaban J connectivity index is 2.79. The van der Waals surface area contributed by atoms with Gasteiger partial charge in [0.15, 0.2) is 0 Å². The van der Waals surface area contributed by atoms with Crippen molar-refractivity contribution in [1.82, 2.24) is 5.32 Å². The largest absolute Gasteiger partial charge is 0.320 e. The predicted octanol–water partition coefficient (Wildman–Crippen LogP) is 3.66. The van der Waals surface area contributed by atoms with Gasteiger partial charge in [0.1, 0.15) is 5.82 Å². The molecule has 1 nitrogen and oxygen atoms in total. The van der Waals surface area contributed by atoms with Gasteiger partial charge in [-0.15, -0.1) is 0 Å². The maximum absolute atomic E-state index is 13.6. The topological polar surface area (TPSA) is 12.0 Å². The highest BCUT2D eigenvalue weighted by Crippen LogP contribution is 2.30. The van der Waals surface area contributed by atoms with E-state index in [2.05, 4.69) is 19.2 Å². The lowest BCUT2D eigenvalue weighted by molar-refractivity contribution is 0.325.